The van der Waals surface area contributed by atoms with Gasteiger partial charge in [-0.05, 0) is 62.6 Å². The number of sulfonamides is 1. The number of benzene rings is 2. The lowest BCUT2D eigenvalue weighted by molar-refractivity contribution is -0.275. The summed E-state index contributed by atoms with van der Waals surface area (Å²) in [5, 5.41) is 3.11. The Labute approximate surface area is 201 Å². The van der Waals surface area contributed by atoms with Crippen molar-refractivity contribution >= 4 is 33.2 Å². The Morgan fingerprint density at radius 1 is 0.943 bits per heavy atom. The number of para-hydroxylation sites is 1. The molecule has 0 bridgehead atoms. The maximum atomic E-state index is 12.7. The standard InChI is InChI=1S/C23H24F3N5O3S/c1-16-15-21(31-13-5-2-6-14-31)29-22(27-16)28-17-9-11-18(12-10-17)30-35(32,33)20-8-4-3-7-19(20)34-23(24,25)26/h3-4,7-12,15,30H,2,5-6,13-14H2,1H3,(H,27,28,29). The number of nitrogens with zero attached hydrogens (tertiary/aromatic N) is 3. The molecule has 0 spiro atoms. The molecule has 3 aromatic rings. The Hall–Kier alpha value is -3.54. The summed E-state index contributed by atoms with van der Waals surface area (Å²) in [5.41, 5.74) is 1.59. The van der Waals surface area contributed by atoms with E-state index in [0.29, 0.717) is 11.6 Å². The summed E-state index contributed by atoms with van der Waals surface area (Å²) >= 11 is 0. The van der Waals surface area contributed by atoms with E-state index >= 15 is 0 Å². The number of anilines is 4. The molecule has 0 saturated carbocycles. The van der Waals surface area contributed by atoms with E-state index < -0.39 is 27.0 Å². The predicted octanol–water partition coefficient (Wildman–Crippen LogP) is 5.22. The van der Waals surface area contributed by atoms with Gasteiger partial charge in [-0.15, -0.1) is 13.2 Å². The van der Waals surface area contributed by atoms with Crippen LogP contribution in [-0.4, -0.2) is 37.8 Å². The Bertz CT molecular complexity index is 1280. The summed E-state index contributed by atoms with van der Waals surface area (Å²) in [4.78, 5) is 10.6. The molecule has 0 radical (unpaired) electrons. The predicted molar refractivity (Wildman–Crippen MR) is 126 cm³/mol. The van der Waals surface area contributed by atoms with Crippen LogP contribution in [-0.2, 0) is 10.0 Å². The largest absolute Gasteiger partial charge is 0.573 e. The third-order valence-corrected chi connectivity index (χ3v) is 6.70. The first kappa shape index (κ1) is 24.6. The number of rotatable bonds is 7. The molecule has 1 saturated heterocycles. The second kappa shape index (κ2) is 9.98. The van der Waals surface area contributed by atoms with Crippen molar-refractivity contribution in [2.24, 2.45) is 0 Å². The molecule has 2 heterocycles. The van der Waals surface area contributed by atoms with Crippen molar-refractivity contribution in [3.8, 4) is 5.75 Å². The van der Waals surface area contributed by atoms with Crippen LogP contribution in [0.4, 0.5) is 36.3 Å². The average Bonchev–Trinajstić information content (AvgIpc) is 2.80. The van der Waals surface area contributed by atoms with Crippen LogP contribution in [0.3, 0.4) is 0 Å². The van der Waals surface area contributed by atoms with Crippen LogP contribution in [0.15, 0.2) is 59.5 Å². The van der Waals surface area contributed by atoms with Crippen molar-refractivity contribution in [3.63, 3.8) is 0 Å². The molecule has 1 fully saturated rings. The topological polar surface area (TPSA) is 96.5 Å². The number of hydrogen-bond donors (Lipinski definition) is 2. The molecule has 8 nitrogen and oxygen atoms in total. The van der Waals surface area contributed by atoms with Crippen LogP contribution >= 0.6 is 0 Å². The molecule has 1 aliphatic rings. The number of halogens is 3. The monoisotopic (exact) mass is 507 g/mol. The molecular formula is C23H24F3N5O3S. The zero-order chi connectivity index (χ0) is 25.1. The van der Waals surface area contributed by atoms with Crippen molar-refractivity contribution < 1.29 is 26.3 Å². The molecule has 12 heteroatoms. The van der Waals surface area contributed by atoms with E-state index in [1.54, 1.807) is 12.1 Å². The van der Waals surface area contributed by atoms with E-state index in [2.05, 4.69) is 29.6 Å². The van der Waals surface area contributed by atoms with Crippen molar-refractivity contribution in [2.45, 2.75) is 37.4 Å². The first-order valence-corrected chi connectivity index (χ1v) is 12.4. The summed E-state index contributed by atoms with van der Waals surface area (Å²) < 4.78 is 69.5. The maximum Gasteiger partial charge on any atom is 0.573 e. The van der Waals surface area contributed by atoms with Crippen LogP contribution in [0.1, 0.15) is 25.0 Å². The van der Waals surface area contributed by atoms with Crippen molar-refractivity contribution in [3.05, 3.63) is 60.3 Å². The molecule has 0 aliphatic carbocycles. The maximum absolute atomic E-state index is 12.7. The second-order valence-electron chi connectivity index (χ2n) is 8.04. The molecule has 2 aromatic carbocycles. The van der Waals surface area contributed by atoms with E-state index in [4.69, 9.17) is 0 Å². The number of aryl methyl sites for hydroxylation is 1. The lowest BCUT2D eigenvalue weighted by Crippen LogP contribution is -2.30. The lowest BCUT2D eigenvalue weighted by atomic mass is 10.1. The van der Waals surface area contributed by atoms with Gasteiger partial charge in [0.2, 0.25) is 5.95 Å². The number of hydrogen-bond acceptors (Lipinski definition) is 7. The summed E-state index contributed by atoms with van der Waals surface area (Å²) in [6.07, 6.45) is -1.57. The third kappa shape index (κ3) is 6.53. The minimum Gasteiger partial charge on any atom is -0.404 e. The van der Waals surface area contributed by atoms with Gasteiger partial charge < -0.3 is 15.0 Å². The number of nitrogens with one attached hydrogen (secondary N) is 2. The minimum absolute atomic E-state index is 0.163. The molecule has 1 aliphatic heterocycles. The van der Waals surface area contributed by atoms with E-state index in [0.717, 1.165) is 49.6 Å². The van der Waals surface area contributed by atoms with Gasteiger partial charge in [0.1, 0.15) is 16.5 Å². The normalized spacial score (nSPS) is 14.5. The van der Waals surface area contributed by atoms with Crippen LogP contribution in [0.2, 0.25) is 0 Å². The van der Waals surface area contributed by atoms with Crippen LogP contribution in [0, 0.1) is 6.92 Å². The Kier molecular flexibility index (Phi) is 7.01. The summed E-state index contributed by atoms with van der Waals surface area (Å²) in [5.74, 6) is 0.452. The minimum atomic E-state index is -5.02. The molecule has 0 unspecified atom stereocenters. The first-order chi connectivity index (χ1) is 16.6. The Balaban J connectivity index is 1.48. The third-order valence-electron chi connectivity index (χ3n) is 5.28. The second-order valence-corrected chi connectivity index (χ2v) is 9.69. The Morgan fingerprint density at radius 3 is 2.29 bits per heavy atom. The summed E-state index contributed by atoms with van der Waals surface area (Å²) in [6.45, 7) is 3.78. The molecule has 35 heavy (non-hydrogen) atoms. The highest BCUT2D eigenvalue weighted by molar-refractivity contribution is 7.92. The van der Waals surface area contributed by atoms with Gasteiger partial charge in [0.15, 0.2) is 0 Å². The van der Waals surface area contributed by atoms with Gasteiger partial charge in [-0.1, -0.05) is 12.1 Å². The molecule has 1 aromatic heterocycles. The van der Waals surface area contributed by atoms with Gasteiger partial charge in [0.25, 0.3) is 10.0 Å². The fraction of sp³-hybridized carbons (Fsp3) is 0.304. The highest BCUT2D eigenvalue weighted by atomic mass is 32.2. The quantitative estimate of drug-likeness (QED) is 0.453. The van der Waals surface area contributed by atoms with Gasteiger partial charge in [0.05, 0.1) is 0 Å². The number of alkyl halides is 3. The average molecular weight is 508 g/mol. The summed E-state index contributed by atoms with van der Waals surface area (Å²) in [6, 6.07) is 12.7. The van der Waals surface area contributed by atoms with Crippen molar-refractivity contribution in [2.75, 3.05) is 28.0 Å². The van der Waals surface area contributed by atoms with E-state index in [-0.39, 0.29) is 5.69 Å². The smallest absolute Gasteiger partial charge is 0.404 e. The number of aromatic nitrogens is 2. The van der Waals surface area contributed by atoms with E-state index in [9.17, 15) is 21.6 Å². The van der Waals surface area contributed by atoms with E-state index in [1.807, 2.05) is 13.0 Å². The molecule has 2 N–H and O–H groups in total. The Morgan fingerprint density at radius 2 is 1.60 bits per heavy atom. The number of piperidine rings is 1. The molecule has 0 atom stereocenters. The van der Waals surface area contributed by atoms with E-state index in [1.165, 1.54) is 30.7 Å². The van der Waals surface area contributed by atoms with Crippen molar-refractivity contribution in [1.82, 2.24) is 9.97 Å². The SMILES string of the molecule is Cc1cc(N2CCCCC2)nc(Nc2ccc(NS(=O)(=O)c3ccccc3OC(F)(F)F)cc2)n1. The van der Waals surface area contributed by atoms with Gasteiger partial charge >= 0.3 is 6.36 Å². The highest BCUT2D eigenvalue weighted by Gasteiger charge is 2.34. The van der Waals surface area contributed by atoms with Gasteiger partial charge in [0, 0.05) is 36.2 Å². The van der Waals surface area contributed by atoms with Gasteiger partial charge in [-0.25, -0.2) is 13.4 Å². The van der Waals surface area contributed by atoms with Crippen LogP contribution < -0.4 is 19.7 Å². The molecule has 4 rings (SSSR count). The molecular weight excluding hydrogens is 483 g/mol. The summed E-state index contributed by atoms with van der Waals surface area (Å²) in [7, 11) is -4.34. The van der Waals surface area contributed by atoms with Crippen molar-refractivity contribution in [1.29, 1.82) is 0 Å². The van der Waals surface area contributed by atoms with Gasteiger partial charge in [-0.3, -0.25) is 4.72 Å². The molecule has 186 valence electrons. The number of ether oxygens (including phenoxy) is 1. The zero-order valence-electron chi connectivity index (χ0n) is 18.8. The van der Waals surface area contributed by atoms with Crippen LogP contribution in [0.5, 0.6) is 5.75 Å². The fourth-order valence-corrected chi connectivity index (χ4v) is 4.92. The first-order valence-electron chi connectivity index (χ1n) is 10.9. The van der Waals surface area contributed by atoms with Gasteiger partial charge in [-0.2, -0.15) is 4.98 Å². The zero-order valence-corrected chi connectivity index (χ0v) is 19.7. The molecule has 0 amide bonds. The lowest BCUT2D eigenvalue weighted by Gasteiger charge is -2.28. The fourth-order valence-electron chi connectivity index (χ4n) is 3.73. The highest BCUT2D eigenvalue weighted by Crippen LogP contribution is 2.31. The van der Waals surface area contributed by atoms with Crippen LogP contribution in [0.25, 0.3) is 0 Å².